The maximum Gasteiger partial charge on any atom is 0.168 e. The molecule has 26 heavy (non-hydrogen) atoms. The molecule has 0 bridgehead atoms. The molecule has 0 aliphatic carbocycles. The van der Waals surface area contributed by atoms with Crippen molar-refractivity contribution in [3.05, 3.63) is 66.6 Å². The smallest absolute Gasteiger partial charge is 0.168 e. The molecule has 0 saturated carbocycles. The van der Waals surface area contributed by atoms with Gasteiger partial charge in [-0.25, -0.2) is 4.39 Å². The number of fused-ring (bicyclic) bond motifs is 1. The summed E-state index contributed by atoms with van der Waals surface area (Å²) >= 11 is 0. The normalized spacial score (nSPS) is 12.2. The summed E-state index contributed by atoms with van der Waals surface area (Å²) in [6.07, 6.45) is 4.69. The van der Waals surface area contributed by atoms with Gasteiger partial charge in [0.05, 0.1) is 35.0 Å². The van der Waals surface area contributed by atoms with E-state index < -0.39 is 12.0 Å². The summed E-state index contributed by atoms with van der Waals surface area (Å²) in [6, 6.07) is 8.70. The van der Waals surface area contributed by atoms with Gasteiger partial charge in [0.2, 0.25) is 0 Å². The van der Waals surface area contributed by atoms with E-state index in [0.29, 0.717) is 22.6 Å². The molecule has 130 valence electrons. The van der Waals surface area contributed by atoms with Crippen LogP contribution >= 0.6 is 0 Å². The number of pyridine rings is 2. The zero-order chi connectivity index (χ0) is 18.1. The molecule has 4 rings (SSSR count). The largest absolute Gasteiger partial charge is 0.397 e. The highest BCUT2D eigenvalue weighted by Gasteiger charge is 2.15. The number of nitrogens with zero attached hydrogens (tertiary/aromatic N) is 3. The van der Waals surface area contributed by atoms with Crippen molar-refractivity contribution in [2.45, 2.75) is 6.23 Å². The van der Waals surface area contributed by atoms with E-state index in [-0.39, 0.29) is 0 Å². The average Bonchev–Trinajstić information content (AvgIpc) is 3.05. The molecule has 0 spiro atoms. The number of nitrogen functional groups attached to an aromatic ring is 1. The van der Waals surface area contributed by atoms with E-state index >= 15 is 0 Å². The summed E-state index contributed by atoms with van der Waals surface area (Å²) < 4.78 is 13.3. The predicted molar refractivity (Wildman–Crippen MR) is 96.5 cm³/mol. The molecule has 0 amide bonds. The van der Waals surface area contributed by atoms with E-state index in [1.165, 1.54) is 12.3 Å². The molecule has 0 fully saturated rings. The Bertz CT molecular complexity index is 1080. The van der Waals surface area contributed by atoms with E-state index in [2.05, 4.69) is 25.5 Å². The second-order valence-electron chi connectivity index (χ2n) is 5.81. The minimum Gasteiger partial charge on any atom is -0.397 e. The van der Waals surface area contributed by atoms with Gasteiger partial charge in [0.1, 0.15) is 5.82 Å². The van der Waals surface area contributed by atoms with Crippen LogP contribution in [0, 0.1) is 5.82 Å². The van der Waals surface area contributed by atoms with Gasteiger partial charge in [0.25, 0.3) is 0 Å². The molecule has 8 heteroatoms. The zero-order valence-electron chi connectivity index (χ0n) is 13.5. The number of aromatic amines is 1. The highest BCUT2D eigenvalue weighted by atomic mass is 19.1. The molecule has 3 heterocycles. The number of benzene rings is 1. The van der Waals surface area contributed by atoms with Gasteiger partial charge in [0, 0.05) is 29.4 Å². The van der Waals surface area contributed by atoms with Crippen LogP contribution in [0.2, 0.25) is 0 Å². The van der Waals surface area contributed by atoms with Gasteiger partial charge < -0.3 is 16.2 Å². The van der Waals surface area contributed by atoms with Gasteiger partial charge in [-0.3, -0.25) is 15.1 Å². The molecular weight excluding hydrogens is 335 g/mol. The fraction of sp³-hybridized carbons (Fsp3) is 0.0556. The molecule has 1 aromatic carbocycles. The van der Waals surface area contributed by atoms with Gasteiger partial charge in [-0.15, -0.1) is 0 Å². The number of halogens is 1. The van der Waals surface area contributed by atoms with Gasteiger partial charge in [0.15, 0.2) is 6.23 Å². The lowest BCUT2D eigenvalue weighted by atomic mass is 10.0. The molecule has 7 nitrogen and oxygen atoms in total. The highest BCUT2D eigenvalue weighted by molar-refractivity contribution is 5.87. The Morgan fingerprint density at radius 1 is 1.04 bits per heavy atom. The second-order valence-corrected chi connectivity index (χ2v) is 5.81. The molecule has 3 aromatic heterocycles. The van der Waals surface area contributed by atoms with Crippen LogP contribution in [-0.2, 0) is 0 Å². The molecule has 4 aromatic rings. The van der Waals surface area contributed by atoms with Crippen LogP contribution in [0.5, 0.6) is 0 Å². The van der Waals surface area contributed by atoms with Crippen LogP contribution in [0.1, 0.15) is 11.9 Å². The number of aromatic nitrogens is 4. The molecule has 0 aliphatic heterocycles. The monoisotopic (exact) mass is 350 g/mol. The van der Waals surface area contributed by atoms with E-state index in [4.69, 9.17) is 5.73 Å². The Kier molecular flexibility index (Phi) is 3.94. The summed E-state index contributed by atoms with van der Waals surface area (Å²) in [4.78, 5) is 7.85. The summed E-state index contributed by atoms with van der Waals surface area (Å²) in [5, 5.41) is 21.0. The predicted octanol–water partition coefficient (Wildman–Crippen LogP) is 2.84. The van der Waals surface area contributed by atoms with Crippen molar-refractivity contribution in [1.82, 2.24) is 20.2 Å². The van der Waals surface area contributed by atoms with Gasteiger partial charge in [-0.05, 0) is 23.8 Å². The molecule has 0 saturated heterocycles. The Hall–Kier alpha value is -3.52. The lowest BCUT2D eigenvalue weighted by molar-refractivity contribution is 0.204. The van der Waals surface area contributed by atoms with Crippen LogP contribution < -0.4 is 11.1 Å². The number of hydrogen-bond acceptors (Lipinski definition) is 6. The first-order chi connectivity index (χ1) is 12.6. The van der Waals surface area contributed by atoms with Crippen LogP contribution in [0.25, 0.3) is 22.0 Å². The summed E-state index contributed by atoms with van der Waals surface area (Å²) in [6.45, 7) is 0. The third-order valence-corrected chi connectivity index (χ3v) is 3.96. The lowest BCUT2D eigenvalue weighted by Gasteiger charge is -2.13. The van der Waals surface area contributed by atoms with Crippen molar-refractivity contribution < 1.29 is 9.50 Å². The molecule has 0 radical (unpaired) electrons. The van der Waals surface area contributed by atoms with Crippen LogP contribution in [-0.4, -0.2) is 25.3 Å². The Morgan fingerprint density at radius 3 is 2.69 bits per heavy atom. The zero-order valence-corrected chi connectivity index (χ0v) is 13.5. The minimum atomic E-state index is -1.11. The van der Waals surface area contributed by atoms with Crippen molar-refractivity contribution in [3.63, 3.8) is 0 Å². The third-order valence-electron chi connectivity index (χ3n) is 3.96. The number of aliphatic hydroxyl groups is 1. The van der Waals surface area contributed by atoms with Crippen molar-refractivity contribution in [3.8, 4) is 11.1 Å². The van der Waals surface area contributed by atoms with Crippen molar-refractivity contribution in [2.24, 2.45) is 0 Å². The molecule has 0 aliphatic rings. The summed E-state index contributed by atoms with van der Waals surface area (Å²) in [5.41, 5.74) is 9.62. The second kappa shape index (κ2) is 6.41. The number of hydrogen-bond donors (Lipinski definition) is 4. The van der Waals surface area contributed by atoms with Crippen LogP contribution in [0.15, 0.2) is 55.1 Å². The quantitative estimate of drug-likeness (QED) is 0.421. The lowest BCUT2D eigenvalue weighted by Crippen LogP contribution is -2.11. The number of anilines is 2. The molecule has 1 atom stereocenters. The molecular formula is C18H15FN6O. The number of H-pyrrole nitrogens is 1. The van der Waals surface area contributed by atoms with Crippen molar-refractivity contribution >= 4 is 22.3 Å². The van der Waals surface area contributed by atoms with Crippen molar-refractivity contribution in [2.75, 3.05) is 11.1 Å². The van der Waals surface area contributed by atoms with Crippen molar-refractivity contribution in [1.29, 1.82) is 0 Å². The Labute approximate surface area is 147 Å². The average molecular weight is 350 g/mol. The van der Waals surface area contributed by atoms with Gasteiger partial charge in [-0.2, -0.15) is 5.10 Å². The van der Waals surface area contributed by atoms with E-state index in [9.17, 15) is 9.50 Å². The Morgan fingerprint density at radius 2 is 1.88 bits per heavy atom. The fourth-order valence-corrected chi connectivity index (χ4v) is 2.75. The first-order valence-electron chi connectivity index (χ1n) is 7.84. The summed E-state index contributed by atoms with van der Waals surface area (Å²) in [5.74, 6) is -0.492. The van der Waals surface area contributed by atoms with Gasteiger partial charge in [-0.1, -0.05) is 6.07 Å². The van der Waals surface area contributed by atoms with E-state index in [1.54, 1.807) is 12.4 Å². The van der Waals surface area contributed by atoms with E-state index in [1.807, 2.05) is 24.3 Å². The number of nitrogens with two attached hydrogens (primary N) is 1. The first-order valence-corrected chi connectivity index (χ1v) is 7.84. The maximum absolute atomic E-state index is 13.3. The standard InChI is InChI=1S/C18H15FN6O/c19-12-5-14(9-22-7-12)23-18(26)17-15-4-10(1-2-16(15)24-25-17)11-3-13(20)8-21-6-11/h1-9,18,23,26H,20H2,(H,24,25). The minimum absolute atomic E-state index is 0.358. The SMILES string of the molecule is Nc1cncc(-c2ccc3n[nH]c(C(O)Nc4cncc(F)c4)c3c2)c1. The number of nitrogens with one attached hydrogen (secondary N) is 2. The Balaban J connectivity index is 1.70. The fourth-order valence-electron chi connectivity index (χ4n) is 2.75. The summed E-state index contributed by atoms with van der Waals surface area (Å²) in [7, 11) is 0. The van der Waals surface area contributed by atoms with Gasteiger partial charge >= 0.3 is 0 Å². The number of aliphatic hydroxyl groups excluding tert-OH is 1. The van der Waals surface area contributed by atoms with Crippen LogP contribution in [0.3, 0.4) is 0 Å². The highest BCUT2D eigenvalue weighted by Crippen LogP contribution is 2.28. The molecule has 1 unspecified atom stereocenters. The first kappa shape index (κ1) is 16.0. The molecule has 5 N–H and O–H groups in total. The maximum atomic E-state index is 13.3. The van der Waals surface area contributed by atoms with Crippen LogP contribution in [0.4, 0.5) is 15.8 Å². The topological polar surface area (TPSA) is 113 Å². The third kappa shape index (κ3) is 3.05. The van der Waals surface area contributed by atoms with E-state index in [0.717, 1.165) is 22.7 Å². The number of rotatable bonds is 4.